The van der Waals surface area contributed by atoms with E-state index in [-0.39, 0.29) is 6.67 Å². The molecule has 92 valence electrons. The van der Waals surface area contributed by atoms with E-state index in [0.717, 1.165) is 18.7 Å². The molecule has 1 saturated heterocycles. The zero-order valence-corrected chi connectivity index (χ0v) is 10.4. The first-order chi connectivity index (χ1) is 8.26. The van der Waals surface area contributed by atoms with Gasteiger partial charge < -0.3 is 0 Å². The third-order valence-electron chi connectivity index (χ3n) is 3.75. The van der Waals surface area contributed by atoms with Crippen molar-refractivity contribution >= 4 is 0 Å². The minimum atomic E-state index is -0.373. The van der Waals surface area contributed by atoms with Gasteiger partial charge in [-0.3, -0.25) is 4.90 Å². The van der Waals surface area contributed by atoms with Gasteiger partial charge in [-0.1, -0.05) is 37.3 Å². The van der Waals surface area contributed by atoms with Crippen LogP contribution in [0.4, 0.5) is 4.39 Å². The standard InChI is InChI=1S/C15H20FN/c1-3-8-17-9-7-15(17)12(2)14-6-4-5-13(10-14)11-16/h3-6,10,12,15H,1,7-9,11H2,2H3/t12-,15-/m0/s1. The maximum atomic E-state index is 12.6. The van der Waals surface area contributed by atoms with Crippen LogP contribution < -0.4 is 0 Å². The second kappa shape index (κ2) is 5.46. The highest BCUT2D eigenvalue weighted by molar-refractivity contribution is 5.27. The Morgan fingerprint density at radius 1 is 1.59 bits per heavy atom. The molecule has 2 heteroatoms. The van der Waals surface area contributed by atoms with Crippen molar-refractivity contribution in [3.05, 3.63) is 48.0 Å². The highest BCUT2D eigenvalue weighted by atomic mass is 19.1. The normalized spacial score (nSPS) is 21.9. The lowest BCUT2D eigenvalue weighted by atomic mass is 9.85. The molecule has 0 aromatic heterocycles. The van der Waals surface area contributed by atoms with Crippen LogP contribution in [0.3, 0.4) is 0 Å². The predicted octanol–water partition coefficient (Wildman–Crippen LogP) is 3.52. The molecular weight excluding hydrogens is 213 g/mol. The summed E-state index contributed by atoms with van der Waals surface area (Å²) in [4.78, 5) is 2.43. The number of hydrogen-bond donors (Lipinski definition) is 0. The topological polar surface area (TPSA) is 3.24 Å². The molecule has 1 nitrogen and oxygen atoms in total. The SMILES string of the molecule is C=CCN1CC[C@H]1[C@@H](C)c1cccc(CF)c1. The van der Waals surface area contributed by atoms with Crippen LogP contribution in [-0.2, 0) is 6.67 Å². The van der Waals surface area contributed by atoms with E-state index >= 15 is 0 Å². The molecule has 1 aliphatic heterocycles. The quantitative estimate of drug-likeness (QED) is 0.703. The lowest BCUT2D eigenvalue weighted by Gasteiger charge is -2.44. The first kappa shape index (κ1) is 12.3. The lowest BCUT2D eigenvalue weighted by molar-refractivity contribution is 0.0876. The van der Waals surface area contributed by atoms with E-state index in [1.165, 1.54) is 12.0 Å². The molecule has 0 amide bonds. The molecule has 0 radical (unpaired) electrons. The summed E-state index contributed by atoms with van der Waals surface area (Å²) in [6.45, 7) is 7.76. The molecule has 2 rings (SSSR count). The molecule has 1 aromatic carbocycles. The Labute approximate surface area is 103 Å². The minimum absolute atomic E-state index is 0.373. The monoisotopic (exact) mass is 233 g/mol. The number of halogens is 1. The second-order valence-corrected chi connectivity index (χ2v) is 4.81. The Morgan fingerprint density at radius 3 is 3.00 bits per heavy atom. The summed E-state index contributed by atoms with van der Waals surface area (Å²) in [5.74, 6) is 0.468. The van der Waals surface area contributed by atoms with Gasteiger partial charge in [0.1, 0.15) is 6.67 Å². The molecular formula is C15H20FN. The summed E-state index contributed by atoms with van der Waals surface area (Å²) in [7, 11) is 0. The molecule has 0 N–H and O–H groups in total. The number of likely N-dealkylation sites (tertiary alicyclic amines) is 1. The molecule has 0 bridgehead atoms. The van der Waals surface area contributed by atoms with Crippen molar-refractivity contribution in [2.45, 2.75) is 32.0 Å². The maximum absolute atomic E-state index is 12.6. The van der Waals surface area contributed by atoms with Crippen molar-refractivity contribution in [1.29, 1.82) is 0 Å². The second-order valence-electron chi connectivity index (χ2n) is 4.81. The van der Waals surface area contributed by atoms with Crippen molar-refractivity contribution < 1.29 is 4.39 Å². The van der Waals surface area contributed by atoms with Gasteiger partial charge in [0.05, 0.1) is 0 Å². The van der Waals surface area contributed by atoms with Crippen LogP contribution in [0.5, 0.6) is 0 Å². The van der Waals surface area contributed by atoms with Crippen molar-refractivity contribution in [2.24, 2.45) is 0 Å². The van der Waals surface area contributed by atoms with Crippen LogP contribution in [0.25, 0.3) is 0 Å². The number of rotatable bonds is 5. The van der Waals surface area contributed by atoms with Gasteiger partial charge in [0, 0.05) is 19.1 Å². The summed E-state index contributed by atoms with van der Waals surface area (Å²) in [6.07, 6.45) is 3.19. The summed E-state index contributed by atoms with van der Waals surface area (Å²) in [5.41, 5.74) is 2.03. The van der Waals surface area contributed by atoms with Gasteiger partial charge in [0.15, 0.2) is 0 Å². The molecule has 17 heavy (non-hydrogen) atoms. The van der Waals surface area contributed by atoms with Crippen LogP contribution in [0.1, 0.15) is 30.4 Å². The van der Waals surface area contributed by atoms with Crippen molar-refractivity contribution in [1.82, 2.24) is 4.90 Å². The van der Waals surface area contributed by atoms with Crippen LogP contribution in [-0.4, -0.2) is 24.0 Å². The van der Waals surface area contributed by atoms with Crippen LogP contribution in [0.15, 0.2) is 36.9 Å². The Morgan fingerprint density at radius 2 is 2.41 bits per heavy atom. The average Bonchev–Trinajstić information content (AvgIpc) is 2.34. The fourth-order valence-corrected chi connectivity index (χ4v) is 2.60. The van der Waals surface area contributed by atoms with Crippen LogP contribution >= 0.6 is 0 Å². The molecule has 0 unspecified atom stereocenters. The van der Waals surface area contributed by atoms with E-state index in [2.05, 4.69) is 24.5 Å². The van der Waals surface area contributed by atoms with E-state index in [0.29, 0.717) is 12.0 Å². The van der Waals surface area contributed by atoms with Crippen molar-refractivity contribution in [3.63, 3.8) is 0 Å². The highest BCUT2D eigenvalue weighted by Gasteiger charge is 2.32. The fourth-order valence-electron chi connectivity index (χ4n) is 2.60. The van der Waals surface area contributed by atoms with Gasteiger partial charge >= 0.3 is 0 Å². The smallest absolute Gasteiger partial charge is 0.115 e. The number of nitrogens with zero attached hydrogens (tertiary/aromatic N) is 1. The Kier molecular flexibility index (Phi) is 3.95. The van der Waals surface area contributed by atoms with Gasteiger partial charge in [-0.25, -0.2) is 4.39 Å². The average molecular weight is 233 g/mol. The highest BCUT2D eigenvalue weighted by Crippen LogP contribution is 2.31. The van der Waals surface area contributed by atoms with E-state index in [1.54, 1.807) is 0 Å². The van der Waals surface area contributed by atoms with E-state index in [9.17, 15) is 4.39 Å². The van der Waals surface area contributed by atoms with E-state index in [4.69, 9.17) is 0 Å². The van der Waals surface area contributed by atoms with Gasteiger partial charge in [-0.2, -0.15) is 0 Å². The van der Waals surface area contributed by atoms with Gasteiger partial charge in [-0.15, -0.1) is 6.58 Å². The van der Waals surface area contributed by atoms with Gasteiger partial charge in [0.25, 0.3) is 0 Å². The molecule has 2 atom stereocenters. The van der Waals surface area contributed by atoms with Crippen molar-refractivity contribution in [2.75, 3.05) is 13.1 Å². The molecule has 1 heterocycles. The van der Waals surface area contributed by atoms with Crippen molar-refractivity contribution in [3.8, 4) is 0 Å². The largest absolute Gasteiger partial charge is 0.296 e. The first-order valence-corrected chi connectivity index (χ1v) is 6.26. The first-order valence-electron chi connectivity index (χ1n) is 6.26. The molecule has 0 saturated carbocycles. The minimum Gasteiger partial charge on any atom is -0.296 e. The third-order valence-corrected chi connectivity index (χ3v) is 3.75. The van der Waals surface area contributed by atoms with Gasteiger partial charge in [-0.05, 0) is 23.5 Å². The number of benzene rings is 1. The summed E-state index contributed by atoms with van der Waals surface area (Å²) in [6, 6.07) is 8.49. The van der Waals surface area contributed by atoms with E-state index < -0.39 is 0 Å². The molecule has 0 aliphatic carbocycles. The Bertz CT molecular complexity index is 388. The summed E-state index contributed by atoms with van der Waals surface area (Å²) in [5, 5.41) is 0. The Balaban J connectivity index is 2.08. The zero-order valence-electron chi connectivity index (χ0n) is 10.4. The molecule has 0 spiro atoms. The fraction of sp³-hybridized carbons (Fsp3) is 0.467. The molecule has 1 aromatic rings. The summed E-state index contributed by atoms with van der Waals surface area (Å²) < 4.78 is 12.6. The van der Waals surface area contributed by atoms with Crippen LogP contribution in [0, 0.1) is 0 Å². The maximum Gasteiger partial charge on any atom is 0.115 e. The third kappa shape index (κ3) is 2.58. The Hall–Kier alpha value is -1.15. The zero-order chi connectivity index (χ0) is 12.3. The molecule has 1 aliphatic rings. The number of alkyl halides is 1. The molecule has 1 fully saturated rings. The predicted molar refractivity (Wildman–Crippen MR) is 69.8 cm³/mol. The lowest BCUT2D eigenvalue weighted by Crippen LogP contribution is -2.50. The summed E-state index contributed by atoms with van der Waals surface area (Å²) >= 11 is 0. The van der Waals surface area contributed by atoms with E-state index in [1.807, 2.05) is 24.3 Å². The van der Waals surface area contributed by atoms with Crippen LogP contribution in [0.2, 0.25) is 0 Å². The van der Waals surface area contributed by atoms with Gasteiger partial charge in [0.2, 0.25) is 0 Å². The number of hydrogen-bond acceptors (Lipinski definition) is 1.